The van der Waals surface area contributed by atoms with Gasteiger partial charge >= 0.3 is 0 Å². The molecular weight excluding hydrogens is 270 g/mol. The minimum atomic E-state index is -0.101. The van der Waals surface area contributed by atoms with E-state index in [-0.39, 0.29) is 11.8 Å². The molecule has 0 spiro atoms. The summed E-state index contributed by atoms with van der Waals surface area (Å²) in [6, 6.07) is 18.2. The molecule has 2 aromatic rings. The molecule has 0 fully saturated rings. The van der Waals surface area contributed by atoms with E-state index in [1.54, 1.807) is 0 Å². The Morgan fingerprint density at radius 3 is 2.09 bits per heavy atom. The van der Waals surface area contributed by atoms with Crippen LogP contribution in [0, 0.1) is 0 Å². The molecule has 1 amide bonds. The van der Waals surface area contributed by atoms with E-state index in [1.165, 1.54) is 5.56 Å². The van der Waals surface area contributed by atoms with Gasteiger partial charge in [0, 0.05) is 5.69 Å². The fraction of sp³-hybridized carbons (Fsp3) is 0.350. The first-order chi connectivity index (χ1) is 10.7. The third-order valence-corrected chi connectivity index (χ3v) is 4.29. The maximum atomic E-state index is 12.5. The molecule has 0 bridgehead atoms. The van der Waals surface area contributed by atoms with Crippen LogP contribution in [0.25, 0.3) is 0 Å². The molecule has 0 aromatic heterocycles. The SMILES string of the molecule is CC[C@@H](C)c1ccc(NC(=O)[C@H](CC)c2ccccc2)cc1. The molecule has 0 saturated carbocycles. The molecule has 0 radical (unpaired) electrons. The summed E-state index contributed by atoms with van der Waals surface area (Å²) in [4.78, 5) is 12.5. The van der Waals surface area contributed by atoms with Gasteiger partial charge in [-0.1, -0.05) is 63.2 Å². The Morgan fingerprint density at radius 2 is 1.55 bits per heavy atom. The molecule has 0 unspecified atom stereocenters. The van der Waals surface area contributed by atoms with E-state index < -0.39 is 0 Å². The molecule has 2 atom stereocenters. The highest BCUT2D eigenvalue weighted by Gasteiger charge is 2.18. The first-order valence-electron chi connectivity index (χ1n) is 8.11. The predicted molar refractivity (Wildman–Crippen MR) is 93.3 cm³/mol. The van der Waals surface area contributed by atoms with Crippen molar-refractivity contribution >= 4 is 11.6 Å². The van der Waals surface area contributed by atoms with Crippen LogP contribution in [-0.4, -0.2) is 5.91 Å². The third-order valence-electron chi connectivity index (χ3n) is 4.29. The van der Waals surface area contributed by atoms with Gasteiger partial charge < -0.3 is 5.32 Å². The lowest BCUT2D eigenvalue weighted by molar-refractivity contribution is -0.117. The lowest BCUT2D eigenvalue weighted by atomic mass is 9.95. The van der Waals surface area contributed by atoms with Crippen LogP contribution in [0.4, 0.5) is 5.69 Å². The Morgan fingerprint density at radius 1 is 0.909 bits per heavy atom. The third kappa shape index (κ3) is 3.97. The Labute approximate surface area is 133 Å². The number of rotatable bonds is 6. The van der Waals surface area contributed by atoms with Crippen LogP contribution < -0.4 is 5.32 Å². The molecule has 116 valence electrons. The van der Waals surface area contributed by atoms with Crippen molar-refractivity contribution in [1.29, 1.82) is 0 Å². The molecule has 0 aliphatic rings. The van der Waals surface area contributed by atoms with Crippen molar-refractivity contribution in [2.75, 3.05) is 5.32 Å². The maximum Gasteiger partial charge on any atom is 0.231 e. The van der Waals surface area contributed by atoms with E-state index in [4.69, 9.17) is 0 Å². The van der Waals surface area contributed by atoms with Crippen molar-refractivity contribution in [2.24, 2.45) is 0 Å². The smallest absolute Gasteiger partial charge is 0.231 e. The van der Waals surface area contributed by atoms with E-state index in [0.717, 1.165) is 24.1 Å². The van der Waals surface area contributed by atoms with Gasteiger partial charge in [-0.3, -0.25) is 4.79 Å². The maximum absolute atomic E-state index is 12.5. The van der Waals surface area contributed by atoms with Crippen molar-refractivity contribution in [1.82, 2.24) is 0 Å². The monoisotopic (exact) mass is 295 g/mol. The zero-order valence-corrected chi connectivity index (χ0v) is 13.7. The van der Waals surface area contributed by atoms with Crippen LogP contribution in [0.15, 0.2) is 54.6 Å². The summed E-state index contributed by atoms with van der Waals surface area (Å²) in [5, 5.41) is 3.04. The lowest BCUT2D eigenvalue weighted by Crippen LogP contribution is -2.20. The highest BCUT2D eigenvalue weighted by Crippen LogP contribution is 2.23. The van der Waals surface area contributed by atoms with E-state index in [2.05, 4.69) is 31.3 Å². The summed E-state index contributed by atoms with van der Waals surface area (Å²) in [7, 11) is 0. The van der Waals surface area contributed by atoms with E-state index in [1.807, 2.05) is 49.4 Å². The summed E-state index contributed by atoms with van der Waals surface area (Å²) in [6.45, 7) is 6.45. The van der Waals surface area contributed by atoms with Crippen molar-refractivity contribution in [3.8, 4) is 0 Å². The fourth-order valence-corrected chi connectivity index (χ4v) is 2.62. The number of anilines is 1. The molecule has 0 saturated heterocycles. The molecule has 2 nitrogen and oxygen atoms in total. The number of hydrogen-bond acceptors (Lipinski definition) is 1. The molecule has 0 heterocycles. The molecule has 2 heteroatoms. The van der Waals surface area contributed by atoms with Gasteiger partial charge in [-0.05, 0) is 42.0 Å². The van der Waals surface area contributed by atoms with E-state index >= 15 is 0 Å². The van der Waals surface area contributed by atoms with Crippen LogP contribution in [0.2, 0.25) is 0 Å². The van der Waals surface area contributed by atoms with Crippen LogP contribution in [0.1, 0.15) is 56.6 Å². The highest BCUT2D eigenvalue weighted by molar-refractivity contribution is 5.95. The van der Waals surface area contributed by atoms with Crippen LogP contribution in [0.5, 0.6) is 0 Å². The summed E-state index contributed by atoms with van der Waals surface area (Å²) in [6.07, 6.45) is 1.92. The molecule has 0 aliphatic heterocycles. The van der Waals surface area contributed by atoms with Gasteiger partial charge in [-0.2, -0.15) is 0 Å². The van der Waals surface area contributed by atoms with Gasteiger partial charge in [-0.15, -0.1) is 0 Å². The number of nitrogens with one attached hydrogen (secondary N) is 1. The Hall–Kier alpha value is -2.09. The Balaban J connectivity index is 2.07. The van der Waals surface area contributed by atoms with Crippen molar-refractivity contribution in [3.63, 3.8) is 0 Å². The van der Waals surface area contributed by atoms with Gasteiger partial charge in [0.25, 0.3) is 0 Å². The topological polar surface area (TPSA) is 29.1 Å². The number of amides is 1. The molecule has 1 N–H and O–H groups in total. The number of carbonyl (C=O) groups excluding carboxylic acids is 1. The highest BCUT2D eigenvalue weighted by atomic mass is 16.1. The molecule has 2 aromatic carbocycles. The second kappa shape index (κ2) is 7.79. The average molecular weight is 295 g/mol. The van der Waals surface area contributed by atoms with E-state index in [9.17, 15) is 4.79 Å². The quantitative estimate of drug-likeness (QED) is 0.766. The number of carbonyl (C=O) groups is 1. The largest absolute Gasteiger partial charge is 0.326 e. The average Bonchev–Trinajstić information content (AvgIpc) is 2.56. The second-order valence-electron chi connectivity index (χ2n) is 5.79. The fourth-order valence-electron chi connectivity index (χ4n) is 2.62. The summed E-state index contributed by atoms with van der Waals surface area (Å²) < 4.78 is 0. The standard InChI is InChI=1S/C20H25NO/c1-4-15(3)16-11-13-18(14-12-16)21-20(22)19(5-2)17-9-7-6-8-10-17/h6-15,19H,4-5H2,1-3H3,(H,21,22)/t15-,19-/m1/s1. The van der Waals surface area contributed by atoms with Gasteiger partial charge in [0.05, 0.1) is 5.92 Å². The van der Waals surface area contributed by atoms with Crippen LogP contribution in [-0.2, 0) is 4.79 Å². The number of hydrogen-bond donors (Lipinski definition) is 1. The van der Waals surface area contributed by atoms with Crippen molar-refractivity contribution in [3.05, 3.63) is 65.7 Å². The van der Waals surface area contributed by atoms with Gasteiger partial charge in [0.1, 0.15) is 0 Å². The summed E-state index contributed by atoms with van der Waals surface area (Å²) in [5.41, 5.74) is 3.25. The van der Waals surface area contributed by atoms with Crippen LogP contribution in [0.3, 0.4) is 0 Å². The first kappa shape index (κ1) is 16.3. The second-order valence-corrected chi connectivity index (χ2v) is 5.79. The minimum Gasteiger partial charge on any atom is -0.326 e. The van der Waals surface area contributed by atoms with Gasteiger partial charge in [-0.25, -0.2) is 0 Å². The molecule has 2 rings (SSSR count). The van der Waals surface area contributed by atoms with E-state index in [0.29, 0.717) is 5.92 Å². The van der Waals surface area contributed by atoms with Crippen molar-refractivity contribution in [2.45, 2.75) is 45.4 Å². The minimum absolute atomic E-state index is 0.0602. The Bertz CT molecular complexity index is 589. The van der Waals surface area contributed by atoms with Crippen LogP contribution >= 0.6 is 0 Å². The summed E-state index contributed by atoms with van der Waals surface area (Å²) >= 11 is 0. The van der Waals surface area contributed by atoms with Gasteiger partial charge in [0.15, 0.2) is 0 Å². The predicted octanol–water partition coefficient (Wildman–Crippen LogP) is 5.33. The zero-order valence-electron chi connectivity index (χ0n) is 13.7. The molecule has 0 aliphatic carbocycles. The molecular formula is C20H25NO. The normalized spacial score (nSPS) is 13.4. The molecule has 22 heavy (non-hydrogen) atoms. The van der Waals surface area contributed by atoms with Gasteiger partial charge in [0.2, 0.25) is 5.91 Å². The summed E-state index contributed by atoms with van der Waals surface area (Å²) in [5.74, 6) is 0.512. The van der Waals surface area contributed by atoms with Crippen molar-refractivity contribution < 1.29 is 4.79 Å². The zero-order chi connectivity index (χ0) is 15.9. The Kier molecular flexibility index (Phi) is 5.76. The number of benzene rings is 2. The first-order valence-corrected chi connectivity index (χ1v) is 8.11. The lowest BCUT2D eigenvalue weighted by Gasteiger charge is -2.16.